The minimum Gasteiger partial charge on any atom is -0.383 e. The highest BCUT2D eigenvalue weighted by molar-refractivity contribution is 7.71. The predicted octanol–water partition coefficient (Wildman–Crippen LogP) is 4.11. The first-order valence-electron chi connectivity index (χ1n) is 8.20. The average Bonchev–Trinajstić information content (AvgIpc) is 2.64. The molecule has 0 saturated carbocycles. The molecule has 5 N–H and O–H groups in total. The van der Waals surface area contributed by atoms with Crippen molar-refractivity contribution in [2.75, 3.05) is 11.5 Å². The number of nitrogens with one attached hydrogen (secondary N) is 1. The zero-order chi connectivity index (χ0) is 18.1. The van der Waals surface area contributed by atoms with Crippen LogP contribution >= 0.6 is 12.2 Å². The van der Waals surface area contributed by atoms with Crippen LogP contribution in [0.3, 0.4) is 0 Å². The minimum atomic E-state index is 0.121. The zero-order valence-corrected chi connectivity index (χ0v) is 14.8. The van der Waals surface area contributed by atoms with Gasteiger partial charge in [-0.2, -0.15) is 9.97 Å². The van der Waals surface area contributed by atoms with Crippen molar-refractivity contribution < 1.29 is 0 Å². The van der Waals surface area contributed by atoms with Gasteiger partial charge in [0.05, 0.1) is 5.39 Å². The van der Waals surface area contributed by atoms with Gasteiger partial charge in [-0.25, -0.2) is 0 Å². The third-order valence-electron chi connectivity index (χ3n) is 4.30. The molecule has 0 spiro atoms. The van der Waals surface area contributed by atoms with Gasteiger partial charge in [-0.05, 0) is 16.7 Å². The second kappa shape index (κ2) is 6.57. The Morgan fingerprint density at radius 3 is 2.23 bits per heavy atom. The summed E-state index contributed by atoms with van der Waals surface area (Å²) in [6.45, 7) is 0. The Kier molecular flexibility index (Phi) is 4.10. The lowest BCUT2D eigenvalue weighted by Gasteiger charge is -2.15. The van der Waals surface area contributed by atoms with Crippen LogP contribution < -0.4 is 11.5 Å². The summed E-state index contributed by atoms with van der Waals surface area (Å²) in [5, 5.41) is 0.741. The minimum absolute atomic E-state index is 0.121. The van der Waals surface area contributed by atoms with Crippen molar-refractivity contribution in [2.45, 2.75) is 6.42 Å². The van der Waals surface area contributed by atoms with Crippen LogP contribution in [0.25, 0.3) is 22.2 Å². The molecule has 4 aromatic rings. The molecule has 0 fully saturated rings. The standard InChI is InChI=1S/C20H17N5S/c21-17-16-15(13-9-5-2-6-10-13)14(11-12-7-3-1-4-8-12)19(26)24-18(16)25-20(22)23-17/h1-10H,11H2,(H5,21,22,23,24,25,26). The molecule has 4 rings (SSSR count). The average molecular weight is 359 g/mol. The summed E-state index contributed by atoms with van der Waals surface area (Å²) >= 11 is 5.66. The molecular weight excluding hydrogens is 342 g/mol. The van der Waals surface area contributed by atoms with Gasteiger partial charge in [0, 0.05) is 12.0 Å². The van der Waals surface area contributed by atoms with Crippen molar-refractivity contribution >= 4 is 35.0 Å². The zero-order valence-electron chi connectivity index (χ0n) is 13.9. The van der Waals surface area contributed by atoms with E-state index in [2.05, 4.69) is 27.1 Å². The number of fused-ring (bicyclic) bond motifs is 1. The summed E-state index contributed by atoms with van der Waals surface area (Å²) in [5.74, 6) is 0.461. The normalized spacial score (nSPS) is 10.9. The second-order valence-corrected chi connectivity index (χ2v) is 6.43. The number of nitrogens with two attached hydrogens (primary N) is 2. The third-order valence-corrected chi connectivity index (χ3v) is 4.65. The topological polar surface area (TPSA) is 93.6 Å². The summed E-state index contributed by atoms with van der Waals surface area (Å²) in [7, 11) is 0. The van der Waals surface area contributed by atoms with Gasteiger partial charge in [-0.1, -0.05) is 72.9 Å². The van der Waals surface area contributed by atoms with E-state index < -0.39 is 0 Å². The Bertz CT molecular complexity index is 1140. The number of rotatable bonds is 3. The third kappa shape index (κ3) is 2.91. The fraction of sp³-hybridized carbons (Fsp3) is 0.0500. The Hall–Kier alpha value is -3.25. The highest BCUT2D eigenvalue weighted by Crippen LogP contribution is 2.35. The fourth-order valence-corrected chi connectivity index (χ4v) is 3.44. The number of benzene rings is 2. The van der Waals surface area contributed by atoms with Gasteiger partial charge in [-0.3, -0.25) is 0 Å². The van der Waals surface area contributed by atoms with E-state index in [1.54, 1.807) is 0 Å². The van der Waals surface area contributed by atoms with Gasteiger partial charge in [0.1, 0.15) is 16.1 Å². The van der Waals surface area contributed by atoms with Gasteiger partial charge in [-0.15, -0.1) is 0 Å². The summed E-state index contributed by atoms with van der Waals surface area (Å²) in [5.41, 5.74) is 16.7. The monoisotopic (exact) mass is 359 g/mol. The molecule has 0 radical (unpaired) electrons. The van der Waals surface area contributed by atoms with Crippen molar-refractivity contribution in [1.29, 1.82) is 0 Å². The molecule has 26 heavy (non-hydrogen) atoms. The highest BCUT2D eigenvalue weighted by Gasteiger charge is 2.17. The molecule has 6 heteroatoms. The van der Waals surface area contributed by atoms with E-state index in [0.717, 1.165) is 22.1 Å². The number of nitrogens with zero attached hydrogens (tertiary/aromatic N) is 2. The molecule has 0 aliphatic rings. The molecule has 2 aromatic carbocycles. The molecule has 0 aliphatic heterocycles. The Balaban J connectivity index is 2.07. The first-order valence-corrected chi connectivity index (χ1v) is 8.61. The molecule has 0 atom stereocenters. The van der Waals surface area contributed by atoms with Crippen LogP contribution in [0.2, 0.25) is 0 Å². The van der Waals surface area contributed by atoms with Crippen molar-refractivity contribution in [3.8, 4) is 11.1 Å². The van der Waals surface area contributed by atoms with Crippen molar-refractivity contribution in [1.82, 2.24) is 15.0 Å². The van der Waals surface area contributed by atoms with Crippen LogP contribution in [0.15, 0.2) is 60.7 Å². The van der Waals surface area contributed by atoms with E-state index in [4.69, 9.17) is 23.7 Å². The number of aromatic amines is 1. The van der Waals surface area contributed by atoms with Gasteiger partial charge >= 0.3 is 0 Å². The Morgan fingerprint density at radius 1 is 0.885 bits per heavy atom. The van der Waals surface area contributed by atoms with Crippen LogP contribution in [-0.4, -0.2) is 15.0 Å². The lowest BCUT2D eigenvalue weighted by molar-refractivity contribution is 1.13. The van der Waals surface area contributed by atoms with Crippen LogP contribution in [0.4, 0.5) is 11.8 Å². The lowest BCUT2D eigenvalue weighted by atomic mass is 9.94. The van der Waals surface area contributed by atoms with Gasteiger partial charge < -0.3 is 16.5 Å². The number of nitrogen functional groups attached to an aromatic ring is 2. The molecule has 0 aliphatic carbocycles. The lowest BCUT2D eigenvalue weighted by Crippen LogP contribution is -2.05. The van der Waals surface area contributed by atoms with Crippen LogP contribution in [0, 0.1) is 4.64 Å². The van der Waals surface area contributed by atoms with E-state index in [9.17, 15) is 0 Å². The van der Waals surface area contributed by atoms with Crippen LogP contribution in [-0.2, 0) is 6.42 Å². The van der Waals surface area contributed by atoms with E-state index in [0.29, 0.717) is 22.5 Å². The molecule has 128 valence electrons. The first kappa shape index (κ1) is 16.2. The molecule has 0 bridgehead atoms. The van der Waals surface area contributed by atoms with E-state index in [1.165, 1.54) is 5.56 Å². The molecule has 0 unspecified atom stereocenters. The van der Waals surface area contributed by atoms with Crippen molar-refractivity contribution in [3.63, 3.8) is 0 Å². The maximum atomic E-state index is 6.22. The van der Waals surface area contributed by atoms with Crippen molar-refractivity contribution in [3.05, 3.63) is 76.4 Å². The largest absolute Gasteiger partial charge is 0.383 e. The summed E-state index contributed by atoms with van der Waals surface area (Å²) in [4.78, 5) is 11.6. The summed E-state index contributed by atoms with van der Waals surface area (Å²) < 4.78 is 0.623. The SMILES string of the molecule is Nc1nc(N)c2c(-c3ccccc3)c(Cc3ccccc3)c(=S)[nH]c2n1. The smallest absolute Gasteiger partial charge is 0.223 e. The Labute approximate surface area is 155 Å². The van der Waals surface area contributed by atoms with Crippen LogP contribution in [0.1, 0.15) is 11.1 Å². The molecular formula is C20H17N5S. The number of hydrogen-bond acceptors (Lipinski definition) is 5. The second-order valence-electron chi connectivity index (χ2n) is 6.03. The van der Waals surface area contributed by atoms with Gasteiger partial charge in [0.2, 0.25) is 5.95 Å². The number of pyridine rings is 1. The van der Waals surface area contributed by atoms with E-state index in [1.807, 2.05) is 48.5 Å². The number of H-pyrrole nitrogens is 1. The molecule has 0 saturated heterocycles. The molecule has 2 heterocycles. The first-order chi connectivity index (χ1) is 12.6. The molecule has 5 nitrogen and oxygen atoms in total. The maximum absolute atomic E-state index is 6.22. The van der Waals surface area contributed by atoms with E-state index in [-0.39, 0.29) is 5.95 Å². The molecule has 0 amide bonds. The Morgan fingerprint density at radius 2 is 1.54 bits per heavy atom. The summed E-state index contributed by atoms with van der Waals surface area (Å²) in [6, 6.07) is 20.2. The molecule has 2 aromatic heterocycles. The fourth-order valence-electron chi connectivity index (χ4n) is 3.17. The highest BCUT2D eigenvalue weighted by atomic mass is 32.1. The number of anilines is 2. The van der Waals surface area contributed by atoms with Gasteiger partial charge in [0.15, 0.2) is 0 Å². The maximum Gasteiger partial charge on any atom is 0.223 e. The number of aromatic nitrogens is 3. The predicted molar refractivity (Wildman–Crippen MR) is 108 cm³/mol. The quantitative estimate of drug-likeness (QED) is 0.479. The van der Waals surface area contributed by atoms with Crippen LogP contribution in [0.5, 0.6) is 0 Å². The summed E-state index contributed by atoms with van der Waals surface area (Å²) in [6.07, 6.45) is 0.681. The number of hydrogen-bond donors (Lipinski definition) is 3. The van der Waals surface area contributed by atoms with Gasteiger partial charge in [0.25, 0.3) is 0 Å². The van der Waals surface area contributed by atoms with E-state index >= 15 is 0 Å². The van der Waals surface area contributed by atoms with Crippen molar-refractivity contribution in [2.24, 2.45) is 0 Å².